The molecule has 0 bridgehead atoms. The van der Waals surface area contributed by atoms with Crippen molar-refractivity contribution in [1.82, 2.24) is 0 Å². The molecule has 0 unspecified atom stereocenters. The van der Waals surface area contributed by atoms with Gasteiger partial charge in [-0.2, -0.15) is 0 Å². The summed E-state index contributed by atoms with van der Waals surface area (Å²) in [6.07, 6.45) is 2.16. The Morgan fingerprint density at radius 3 is 2.73 bits per heavy atom. The lowest BCUT2D eigenvalue weighted by Gasteiger charge is -2.14. The van der Waals surface area contributed by atoms with Gasteiger partial charge in [0.2, 0.25) is 0 Å². The Hall–Kier alpha value is -1.40. The summed E-state index contributed by atoms with van der Waals surface area (Å²) in [5, 5.41) is 18.7. The van der Waals surface area contributed by atoms with Crippen LogP contribution in [0.3, 0.4) is 0 Å². The van der Waals surface area contributed by atoms with Gasteiger partial charge in [-0.15, -0.1) is 11.3 Å². The molecule has 2 aromatic rings. The molecular weight excluding hydrogens is 420 g/mol. The highest BCUT2D eigenvalue weighted by Crippen LogP contribution is 2.71. The van der Waals surface area contributed by atoms with Crippen molar-refractivity contribution < 1.29 is 19.7 Å². The summed E-state index contributed by atoms with van der Waals surface area (Å²) in [7, 11) is 0. The van der Waals surface area contributed by atoms with Crippen molar-refractivity contribution in [3.63, 3.8) is 0 Å². The lowest BCUT2D eigenvalue weighted by atomic mass is 9.94. The molecular formula is C24H29ClO4S. The molecule has 1 aromatic carbocycles. The van der Waals surface area contributed by atoms with E-state index in [1.54, 1.807) is 17.4 Å². The van der Waals surface area contributed by atoms with E-state index >= 15 is 0 Å². The molecule has 0 aliphatic heterocycles. The smallest absolute Gasteiger partial charge is 0.173 e. The summed E-state index contributed by atoms with van der Waals surface area (Å²) in [5.41, 5.74) is 4.18. The van der Waals surface area contributed by atoms with E-state index in [2.05, 4.69) is 20.8 Å². The number of ketones is 1. The van der Waals surface area contributed by atoms with Gasteiger partial charge in [-0.25, -0.2) is 0 Å². The van der Waals surface area contributed by atoms with Crippen LogP contribution in [-0.2, 0) is 12.8 Å². The number of aliphatic hydroxyl groups is 2. The first-order valence-electron chi connectivity index (χ1n) is 10.6. The SMILES string of the molecule is Cc1sc(C(=O)CCc2ccc(OCC(CO)CO)c(Cl)c2)c2c1[C@H]1[C@@H](C2)C1(C)C. The Bertz CT molecular complexity index is 960. The van der Waals surface area contributed by atoms with Crippen molar-refractivity contribution in [2.45, 2.75) is 46.0 Å². The van der Waals surface area contributed by atoms with Gasteiger partial charge in [-0.3, -0.25) is 4.79 Å². The Labute approximate surface area is 186 Å². The van der Waals surface area contributed by atoms with Crippen LogP contribution in [0.1, 0.15) is 57.4 Å². The Balaban J connectivity index is 1.38. The molecule has 2 aliphatic rings. The van der Waals surface area contributed by atoms with E-state index < -0.39 is 0 Å². The zero-order valence-corrected chi connectivity index (χ0v) is 19.3. The monoisotopic (exact) mass is 448 g/mol. The molecule has 0 radical (unpaired) electrons. The Kier molecular flexibility index (Phi) is 6.01. The largest absolute Gasteiger partial charge is 0.492 e. The third-order valence-electron chi connectivity index (χ3n) is 6.90. The Morgan fingerprint density at radius 1 is 1.33 bits per heavy atom. The second-order valence-corrected chi connectivity index (χ2v) is 10.9. The molecule has 0 amide bonds. The van der Waals surface area contributed by atoms with Crippen LogP contribution in [0.25, 0.3) is 0 Å². The number of fused-ring (bicyclic) bond motifs is 3. The van der Waals surface area contributed by atoms with E-state index in [1.807, 2.05) is 12.1 Å². The molecule has 0 spiro atoms. The molecule has 1 heterocycles. The maximum absolute atomic E-state index is 13.0. The van der Waals surface area contributed by atoms with E-state index in [0.717, 1.165) is 16.9 Å². The average Bonchev–Trinajstić information content (AvgIpc) is 3.05. The number of ether oxygens (including phenoxy) is 1. The molecule has 2 atom stereocenters. The number of aliphatic hydroxyl groups excluding tert-OH is 2. The van der Waals surface area contributed by atoms with Crippen LogP contribution in [-0.4, -0.2) is 35.8 Å². The van der Waals surface area contributed by atoms with Crippen LogP contribution >= 0.6 is 22.9 Å². The summed E-state index contributed by atoms with van der Waals surface area (Å²) in [5.74, 6) is 1.78. The minimum atomic E-state index is -0.328. The highest BCUT2D eigenvalue weighted by Gasteiger charge is 2.63. The minimum absolute atomic E-state index is 0.140. The number of Topliss-reactive ketones (excluding diaryl/α,β-unsaturated/α-hetero) is 1. The summed E-state index contributed by atoms with van der Waals surface area (Å²) in [4.78, 5) is 15.3. The van der Waals surface area contributed by atoms with Crippen LogP contribution in [0.2, 0.25) is 5.02 Å². The summed E-state index contributed by atoms with van der Waals surface area (Å²) >= 11 is 8.00. The number of aryl methyl sites for hydroxylation is 2. The van der Waals surface area contributed by atoms with Crippen LogP contribution < -0.4 is 4.74 Å². The first kappa shape index (κ1) is 21.8. The fourth-order valence-corrected chi connectivity index (χ4v) is 6.37. The number of thiophene rings is 1. The maximum Gasteiger partial charge on any atom is 0.173 e. The van der Waals surface area contributed by atoms with E-state index in [9.17, 15) is 4.79 Å². The lowest BCUT2D eigenvalue weighted by Crippen LogP contribution is -2.19. The molecule has 2 aliphatic carbocycles. The van der Waals surface area contributed by atoms with Crippen molar-refractivity contribution in [3.05, 3.63) is 49.7 Å². The maximum atomic E-state index is 13.0. The molecule has 4 rings (SSSR count). The molecule has 1 fully saturated rings. The molecule has 162 valence electrons. The van der Waals surface area contributed by atoms with Crippen molar-refractivity contribution in [2.24, 2.45) is 17.3 Å². The first-order chi connectivity index (χ1) is 14.3. The molecule has 1 aromatic heterocycles. The van der Waals surface area contributed by atoms with E-state index in [-0.39, 0.29) is 31.5 Å². The summed E-state index contributed by atoms with van der Waals surface area (Å²) in [6, 6.07) is 5.54. The van der Waals surface area contributed by atoms with Gasteiger partial charge in [0.25, 0.3) is 0 Å². The molecule has 30 heavy (non-hydrogen) atoms. The van der Waals surface area contributed by atoms with E-state index in [1.165, 1.54) is 16.0 Å². The van der Waals surface area contributed by atoms with Crippen molar-refractivity contribution >= 4 is 28.7 Å². The number of halogens is 1. The molecule has 2 N–H and O–H groups in total. The quantitative estimate of drug-likeness (QED) is 0.540. The van der Waals surface area contributed by atoms with Gasteiger partial charge >= 0.3 is 0 Å². The highest BCUT2D eigenvalue weighted by molar-refractivity contribution is 7.14. The summed E-state index contributed by atoms with van der Waals surface area (Å²) in [6.45, 7) is 6.77. The van der Waals surface area contributed by atoms with Crippen LogP contribution in [0.4, 0.5) is 0 Å². The van der Waals surface area contributed by atoms with Crippen molar-refractivity contribution in [2.75, 3.05) is 19.8 Å². The second kappa shape index (κ2) is 8.27. The number of rotatable bonds is 9. The summed E-state index contributed by atoms with van der Waals surface area (Å²) < 4.78 is 5.60. The van der Waals surface area contributed by atoms with Gasteiger partial charge in [-0.05, 0) is 65.8 Å². The fourth-order valence-electron chi connectivity index (χ4n) is 4.92. The van der Waals surface area contributed by atoms with Gasteiger partial charge < -0.3 is 14.9 Å². The normalized spacial score (nSPS) is 20.9. The predicted octanol–water partition coefficient (Wildman–Crippen LogP) is 4.80. The van der Waals surface area contributed by atoms with E-state index in [4.69, 9.17) is 26.6 Å². The molecule has 0 saturated heterocycles. The van der Waals surface area contributed by atoms with Gasteiger partial charge in [-0.1, -0.05) is 31.5 Å². The standard InChI is InChI=1S/C24H29ClO4S/c1-13-21-16(9-17-22(21)24(17,2)3)23(30-13)19(28)6-4-14-5-7-20(18(25)8-14)29-12-15(10-26)11-27/h5,7-8,15,17,22,26-27H,4,6,9-12H2,1-3H3/t17-,22-/m1/s1. The average molecular weight is 449 g/mol. The van der Waals surface area contributed by atoms with Gasteiger partial charge in [0, 0.05) is 17.2 Å². The van der Waals surface area contributed by atoms with Gasteiger partial charge in [0.15, 0.2) is 5.78 Å². The lowest BCUT2D eigenvalue weighted by molar-refractivity contribution is 0.0985. The van der Waals surface area contributed by atoms with Crippen molar-refractivity contribution in [1.29, 1.82) is 0 Å². The van der Waals surface area contributed by atoms with Crippen LogP contribution in [0.15, 0.2) is 18.2 Å². The molecule has 4 nitrogen and oxygen atoms in total. The van der Waals surface area contributed by atoms with Gasteiger partial charge in [0.05, 0.1) is 29.7 Å². The van der Waals surface area contributed by atoms with E-state index in [0.29, 0.717) is 40.9 Å². The number of benzene rings is 1. The molecule has 6 heteroatoms. The zero-order valence-electron chi connectivity index (χ0n) is 17.7. The highest BCUT2D eigenvalue weighted by atomic mass is 35.5. The van der Waals surface area contributed by atoms with Crippen LogP contribution in [0, 0.1) is 24.2 Å². The number of hydrogen-bond acceptors (Lipinski definition) is 5. The van der Waals surface area contributed by atoms with Crippen molar-refractivity contribution in [3.8, 4) is 5.75 Å². The number of carbonyl (C=O) groups excluding carboxylic acids is 1. The fraction of sp³-hybridized carbons (Fsp3) is 0.542. The Morgan fingerprint density at radius 2 is 2.07 bits per heavy atom. The third-order valence-corrected chi connectivity index (χ3v) is 8.40. The third kappa shape index (κ3) is 3.81. The van der Waals surface area contributed by atoms with Gasteiger partial charge in [0.1, 0.15) is 5.75 Å². The minimum Gasteiger partial charge on any atom is -0.492 e. The topological polar surface area (TPSA) is 66.8 Å². The second-order valence-electron chi connectivity index (χ2n) is 9.22. The zero-order chi connectivity index (χ0) is 21.6. The first-order valence-corrected chi connectivity index (χ1v) is 11.8. The molecule has 1 saturated carbocycles. The van der Waals surface area contributed by atoms with Crippen LogP contribution in [0.5, 0.6) is 5.75 Å². The number of hydrogen-bond donors (Lipinski definition) is 2. The predicted molar refractivity (Wildman–Crippen MR) is 120 cm³/mol. The number of carbonyl (C=O) groups is 1.